The summed E-state index contributed by atoms with van der Waals surface area (Å²) in [5, 5.41) is 11.6. The number of urea groups is 1. The summed E-state index contributed by atoms with van der Waals surface area (Å²) in [4.78, 5) is 60.1. The monoisotopic (exact) mass is 718 g/mol. The van der Waals surface area contributed by atoms with Crippen LogP contribution < -0.4 is 21.2 Å². The van der Waals surface area contributed by atoms with Crippen LogP contribution >= 0.6 is 0 Å². The van der Waals surface area contributed by atoms with E-state index in [1.54, 1.807) is 46.6 Å². The molecule has 8 rings (SSSR count). The van der Waals surface area contributed by atoms with E-state index in [-0.39, 0.29) is 48.6 Å². The number of anilines is 1. The number of hydrogen-bond acceptors (Lipinski definition) is 8. The maximum Gasteiger partial charge on any atom is 0.329 e. The summed E-state index contributed by atoms with van der Waals surface area (Å²) in [6.07, 6.45) is 3.65. The highest BCUT2D eigenvalue weighted by atomic mass is 16.5. The van der Waals surface area contributed by atoms with Gasteiger partial charge in [0.05, 0.1) is 28.7 Å². The number of imide groups is 1. The molecule has 1 saturated heterocycles. The largest absolute Gasteiger partial charge is 0.354 e. The maximum atomic E-state index is 12.9. The first-order valence-electron chi connectivity index (χ1n) is 17.4. The molecule has 7 aromatic rings. The van der Waals surface area contributed by atoms with Crippen LogP contribution in [0.2, 0.25) is 0 Å². The van der Waals surface area contributed by atoms with Crippen molar-refractivity contribution >= 4 is 56.4 Å². The molecule has 0 radical (unpaired) electrons. The van der Waals surface area contributed by atoms with Crippen molar-refractivity contribution in [2.24, 2.45) is 14.1 Å². The lowest BCUT2D eigenvalue weighted by atomic mass is 9.93. The third kappa shape index (κ3) is 6.03. The maximum absolute atomic E-state index is 12.9. The molecule has 54 heavy (non-hydrogen) atoms. The Kier molecular flexibility index (Phi) is 8.50. The zero-order valence-electron chi connectivity index (χ0n) is 29.9. The molecule has 0 saturated carbocycles. The minimum atomic E-state index is -0.557. The zero-order valence-corrected chi connectivity index (χ0v) is 29.9. The van der Waals surface area contributed by atoms with Crippen molar-refractivity contribution < 1.29 is 18.9 Å². The molecule has 1 aliphatic rings. The molecule has 1 aliphatic heterocycles. The first kappa shape index (κ1) is 34.0. The van der Waals surface area contributed by atoms with Crippen LogP contribution in [-0.4, -0.2) is 55.2 Å². The number of carbonyl (C=O) groups is 3. The normalized spacial score (nSPS) is 13.1. The van der Waals surface area contributed by atoms with E-state index in [2.05, 4.69) is 64.7 Å². The van der Waals surface area contributed by atoms with Crippen LogP contribution in [0.5, 0.6) is 0 Å². The van der Waals surface area contributed by atoms with Crippen LogP contribution in [0, 0.1) is 11.8 Å². The number of imidazole rings is 1. The van der Waals surface area contributed by atoms with Crippen molar-refractivity contribution in [2.45, 2.75) is 26.2 Å². The van der Waals surface area contributed by atoms with Gasteiger partial charge in [-0.1, -0.05) is 49.0 Å². The highest BCUT2D eigenvalue weighted by molar-refractivity contribution is 6.08. The second kappa shape index (κ2) is 13.5. The number of pyridine rings is 2. The molecule has 1 fully saturated rings. The van der Waals surface area contributed by atoms with Crippen molar-refractivity contribution in [3.8, 4) is 34.2 Å². The Morgan fingerprint density at radius 1 is 0.944 bits per heavy atom. The van der Waals surface area contributed by atoms with E-state index in [4.69, 9.17) is 9.51 Å². The Balaban J connectivity index is 0.968. The van der Waals surface area contributed by atoms with Gasteiger partial charge >= 0.3 is 11.7 Å². The number of fused-ring (bicyclic) bond motifs is 3. The van der Waals surface area contributed by atoms with Gasteiger partial charge in [0, 0.05) is 56.0 Å². The number of benzene rings is 3. The molecule has 2 N–H and O–H groups in total. The van der Waals surface area contributed by atoms with Crippen molar-refractivity contribution in [2.75, 3.05) is 18.0 Å². The van der Waals surface area contributed by atoms with Gasteiger partial charge < -0.3 is 9.84 Å². The smallest absolute Gasteiger partial charge is 0.329 e. The lowest BCUT2D eigenvalue weighted by Gasteiger charge is -2.24. The molecule has 13 heteroatoms. The third-order valence-electron chi connectivity index (χ3n) is 9.71. The summed E-state index contributed by atoms with van der Waals surface area (Å²) in [6, 6.07) is 20.5. The van der Waals surface area contributed by atoms with Crippen molar-refractivity contribution in [3.63, 3.8) is 0 Å². The standard InChI is InChI=1S/C41H34N8O5/c1-23(2)29-18-27(20-34-37(29)48(4)41(53)47(34)3)28-9-5-8-25-19-33(44-22-31(25)28)26-11-12-32(43-21-26)39(51)42-15-6-7-24-10-13-35-30(17-24)38(46-54-35)49-16-14-36(50)45-40(49)52/h5,8-13,17-23H,14-16H2,1-4H3,(H,42,51)(H,45,50,52). The number of amides is 4. The SMILES string of the molecule is CC(C)c1cc(-c2cccc3cc(-c4ccc(C(=O)NCC#Cc5ccc6onc(N7CCC(=O)NC7=O)c6c5)nc4)ncc23)cc2c1n(C)c(=O)n2C. The van der Waals surface area contributed by atoms with E-state index in [1.165, 1.54) is 4.90 Å². The number of nitrogens with one attached hydrogen (secondary N) is 2. The Labute approximate surface area is 308 Å². The van der Waals surface area contributed by atoms with E-state index in [0.717, 1.165) is 49.8 Å². The zero-order chi connectivity index (χ0) is 37.7. The van der Waals surface area contributed by atoms with Gasteiger partial charge in [-0.25, -0.2) is 9.59 Å². The predicted molar refractivity (Wildman–Crippen MR) is 205 cm³/mol. The summed E-state index contributed by atoms with van der Waals surface area (Å²) in [5.74, 6) is 5.77. The molecular formula is C41H34N8O5. The first-order valence-corrected chi connectivity index (χ1v) is 17.4. The molecule has 4 aromatic heterocycles. The minimum absolute atomic E-state index is 0.0552. The summed E-state index contributed by atoms with van der Waals surface area (Å²) in [7, 11) is 3.62. The number of aryl methyl sites for hydroxylation is 2. The average molecular weight is 719 g/mol. The predicted octanol–water partition coefficient (Wildman–Crippen LogP) is 5.65. The van der Waals surface area contributed by atoms with Gasteiger partial charge in [-0.3, -0.25) is 38.9 Å². The van der Waals surface area contributed by atoms with E-state index in [9.17, 15) is 19.2 Å². The van der Waals surface area contributed by atoms with Crippen LogP contribution in [0.15, 0.2) is 88.4 Å². The lowest BCUT2D eigenvalue weighted by molar-refractivity contribution is -0.120. The number of carbonyl (C=O) groups excluding carboxylic acids is 3. The number of hydrogen-bond donors (Lipinski definition) is 2. The third-order valence-corrected chi connectivity index (χ3v) is 9.71. The van der Waals surface area contributed by atoms with Gasteiger partial charge in [-0.15, -0.1) is 0 Å². The van der Waals surface area contributed by atoms with Crippen LogP contribution in [-0.2, 0) is 18.9 Å². The number of aromatic nitrogens is 5. The molecule has 0 spiro atoms. The fourth-order valence-electron chi connectivity index (χ4n) is 6.87. The minimum Gasteiger partial charge on any atom is -0.354 e. The molecule has 0 aliphatic carbocycles. The van der Waals surface area contributed by atoms with Crippen LogP contribution in [0.25, 0.3) is 55.2 Å². The Morgan fingerprint density at radius 2 is 1.80 bits per heavy atom. The topological polar surface area (TPSA) is 157 Å². The van der Waals surface area contributed by atoms with Crippen LogP contribution in [0.3, 0.4) is 0 Å². The fraction of sp³-hybridized carbons (Fsp3) is 0.195. The average Bonchev–Trinajstić information content (AvgIpc) is 3.69. The van der Waals surface area contributed by atoms with E-state index < -0.39 is 6.03 Å². The van der Waals surface area contributed by atoms with E-state index in [0.29, 0.717) is 22.4 Å². The molecule has 5 heterocycles. The quantitative estimate of drug-likeness (QED) is 0.209. The Morgan fingerprint density at radius 3 is 2.57 bits per heavy atom. The number of rotatable bonds is 6. The Hall–Kier alpha value is -7.07. The van der Waals surface area contributed by atoms with Gasteiger partial charge in [-0.2, -0.15) is 0 Å². The van der Waals surface area contributed by atoms with Gasteiger partial charge in [0.15, 0.2) is 11.4 Å². The molecule has 13 nitrogen and oxygen atoms in total. The summed E-state index contributed by atoms with van der Waals surface area (Å²) < 4.78 is 8.77. The summed E-state index contributed by atoms with van der Waals surface area (Å²) in [5.41, 5.74) is 7.76. The summed E-state index contributed by atoms with van der Waals surface area (Å²) >= 11 is 0. The molecule has 4 amide bonds. The van der Waals surface area contributed by atoms with Crippen LogP contribution in [0.4, 0.5) is 10.6 Å². The van der Waals surface area contributed by atoms with Gasteiger partial charge in [0.1, 0.15) is 5.69 Å². The first-order chi connectivity index (χ1) is 26.1. The highest BCUT2D eigenvalue weighted by Gasteiger charge is 2.28. The second-order valence-electron chi connectivity index (χ2n) is 13.5. The van der Waals surface area contributed by atoms with Crippen molar-refractivity contribution in [3.05, 3.63) is 106 Å². The van der Waals surface area contributed by atoms with Gasteiger partial charge in [-0.05, 0) is 76.5 Å². The number of nitrogens with zero attached hydrogens (tertiary/aromatic N) is 6. The van der Waals surface area contributed by atoms with E-state index in [1.807, 2.05) is 37.5 Å². The molecule has 268 valence electrons. The van der Waals surface area contributed by atoms with E-state index >= 15 is 0 Å². The lowest BCUT2D eigenvalue weighted by Crippen LogP contribution is -2.49. The molecule has 3 aromatic carbocycles. The van der Waals surface area contributed by atoms with Gasteiger partial charge in [0.2, 0.25) is 5.91 Å². The molecule has 0 unspecified atom stereocenters. The molecule has 0 bridgehead atoms. The molecule has 0 atom stereocenters. The fourth-order valence-corrected chi connectivity index (χ4v) is 6.87. The second-order valence-corrected chi connectivity index (χ2v) is 13.5. The van der Waals surface area contributed by atoms with Crippen molar-refractivity contribution in [1.82, 2.24) is 34.9 Å². The Bertz CT molecular complexity index is 2800. The highest BCUT2D eigenvalue weighted by Crippen LogP contribution is 2.35. The summed E-state index contributed by atoms with van der Waals surface area (Å²) in [6.45, 7) is 4.54. The molecular weight excluding hydrogens is 685 g/mol. The van der Waals surface area contributed by atoms with Crippen molar-refractivity contribution in [1.29, 1.82) is 0 Å². The van der Waals surface area contributed by atoms with Crippen LogP contribution in [0.1, 0.15) is 47.8 Å². The van der Waals surface area contributed by atoms with Gasteiger partial charge in [0.25, 0.3) is 5.91 Å².